The van der Waals surface area contributed by atoms with Crippen molar-refractivity contribution < 1.29 is 22.7 Å². The zero-order valence-corrected chi connectivity index (χ0v) is 19.6. The number of nitrogens with one attached hydrogen (secondary N) is 1. The van der Waals surface area contributed by atoms with E-state index >= 15 is 0 Å². The Hall–Kier alpha value is -2.58. The molecule has 3 rings (SSSR count). The Morgan fingerprint density at radius 1 is 1.00 bits per heavy atom. The number of piperidine rings is 1. The molecule has 32 heavy (non-hydrogen) atoms. The maximum atomic E-state index is 12.7. The Morgan fingerprint density at radius 3 is 2.34 bits per heavy atom. The minimum atomic E-state index is -3.43. The van der Waals surface area contributed by atoms with E-state index in [1.54, 1.807) is 35.7 Å². The highest BCUT2D eigenvalue weighted by Crippen LogP contribution is 2.28. The second kappa shape index (κ2) is 11.3. The van der Waals surface area contributed by atoms with Crippen molar-refractivity contribution in [3.05, 3.63) is 53.6 Å². The van der Waals surface area contributed by atoms with Crippen molar-refractivity contribution in [2.45, 2.75) is 50.5 Å². The van der Waals surface area contributed by atoms with Crippen molar-refractivity contribution in [1.82, 2.24) is 9.62 Å². The molecule has 1 N–H and O–H groups in total. The Bertz CT molecular complexity index is 1000. The first-order valence-corrected chi connectivity index (χ1v) is 12.5. The average molecular weight is 461 g/mol. The van der Waals surface area contributed by atoms with Crippen molar-refractivity contribution >= 4 is 15.9 Å². The minimum Gasteiger partial charge on any atom is -0.493 e. The van der Waals surface area contributed by atoms with Gasteiger partial charge in [-0.1, -0.05) is 24.6 Å². The third-order valence-electron chi connectivity index (χ3n) is 5.53. The summed E-state index contributed by atoms with van der Waals surface area (Å²) < 4.78 is 37.9. The van der Waals surface area contributed by atoms with Gasteiger partial charge in [0.25, 0.3) is 0 Å². The first kappa shape index (κ1) is 24.1. The first-order chi connectivity index (χ1) is 15.4. The molecule has 0 radical (unpaired) electrons. The van der Waals surface area contributed by atoms with Gasteiger partial charge >= 0.3 is 0 Å². The molecule has 1 fully saturated rings. The quantitative estimate of drug-likeness (QED) is 0.586. The molecular weight excluding hydrogens is 428 g/mol. The van der Waals surface area contributed by atoms with Crippen molar-refractivity contribution in [3.63, 3.8) is 0 Å². The van der Waals surface area contributed by atoms with Crippen LogP contribution in [0.3, 0.4) is 0 Å². The highest BCUT2D eigenvalue weighted by Gasteiger charge is 2.25. The van der Waals surface area contributed by atoms with Gasteiger partial charge < -0.3 is 14.8 Å². The van der Waals surface area contributed by atoms with Crippen molar-refractivity contribution in [2.24, 2.45) is 0 Å². The number of sulfonamides is 1. The molecule has 8 heteroatoms. The fourth-order valence-corrected chi connectivity index (χ4v) is 5.24. The van der Waals surface area contributed by atoms with E-state index in [0.29, 0.717) is 55.5 Å². The summed E-state index contributed by atoms with van der Waals surface area (Å²) in [5, 5.41) is 2.91. The summed E-state index contributed by atoms with van der Waals surface area (Å²) in [4.78, 5) is 12.6. The van der Waals surface area contributed by atoms with Gasteiger partial charge in [-0.25, -0.2) is 8.42 Å². The summed E-state index contributed by atoms with van der Waals surface area (Å²) in [6.07, 6.45) is 3.78. The topological polar surface area (TPSA) is 84.9 Å². The predicted molar refractivity (Wildman–Crippen MR) is 123 cm³/mol. The Morgan fingerprint density at radius 2 is 1.69 bits per heavy atom. The van der Waals surface area contributed by atoms with Crippen LogP contribution in [0.1, 0.15) is 43.7 Å². The third-order valence-corrected chi connectivity index (χ3v) is 7.45. The summed E-state index contributed by atoms with van der Waals surface area (Å²) in [5.74, 6) is 1.25. The van der Waals surface area contributed by atoms with Crippen LogP contribution in [0, 0.1) is 0 Å². The molecular formula is C24H32N2O5S. The number of ether oxygens (including phenoxy) is 2. The van der Waals surface area contributed by atoms with Gasteiger partial charge in [0, 0.05) is 26.1 Å². The number of nitrogens with zero attached hydrogens (tertiary/aromatic N) is 1. The van der Waals surface area contributed by atoms with Crippen molar-refractivity contribution in [1.29, 1.82) is 0 Å². The monoisotopic (exact) mass is 460 g/mol. The van der Waals surface area contributed by atoms with Gasteiger partial charge in [0.2, 0.25) is 15.9 Å². The molecule has 174 valence electrons. The lowest BCUT2D eigenvalue weighted by atomic mass is 10.1. The second-order valence-corrected chi connectivity index (χ2v) is 9.74. The zero-order chi connectivity index (χ0) is 23.0. The number of carbonyl (C=O) groups is 1. The van der Waals surface area contributed by atoms with E-state index in [-0.39, 0.29) is 5.91 Å². The average Bonchev–Trinajstić information content (AvgIpc) is 2.83. The second-order valence-electron chi connectivity index (χ2n) is 7.80. The minimum absolute atomic E-state index is 0.0668. The van der Waals surface area contributed by atoms with Gasteiger partial charge in [-0.15, -0.1) is 0 Å². The van der Waals surface area contributed by atoms with Crippen LogP contribution in [0.15, 0.2) is 47.4 Å². The summed E-state index contributed by atoms with van der Waals surface area (Å²) in [7, 11) is -1.84. The predicted octanol–water partition coefficient (Wildman–Crippen LogP) is 3.52. The van der Waals surface area contributed by atoms with Crippen molar-refractivity contribution in [2.75, 3.05) is 26.8 Å². The molecule has 0 unspecified atom stereocenters. The Balaban J connectivity index is 1.50. The van der Waals surface area contributed by atoms with Gasteiger partial charge in [-0.3, -0.25) is 4.79 Å². The number of amides is 1. The highest BCUT2D eigenvalue weighted by atomic mass is 32.2. The lowest BCUT2D eigenvalue weighted by Crippen LogP contribution is -2.35. The van der Waals surface area contributed by atoms with Crippen LogP contribution >= 0.6 is 0 Å². The van der Waals surface area contributed by atoms with E-state index in [4.69, 9.17) is 9.47 Å². The number of rotatable bonds is 10. The van der Waals surface area contributed by atoms with Crippen LogP contribution in [-0.2, 0) is 27.8 Å². The van der Waals surface area contributed by atoms with Crippen LogP contribution in [-0.4, -0.2) is 45.4 Å². The summed E-state index contributed by atoms with van der Waals surface area (Å²) >= 11 is 0. The fraction of sp³-hybridized carbons (Fsp3) is 0.458. The maximum Gasteiger partial charge on any atom is 0.243 e. The summed E-state index contributed by atoms with van der Waals surface area (Å²) in [6, 6.07) is 12.5. The normalized spacial score (nSPS) is 14.7. The molecule has 0 aliphatic carbocycles. The third kappa shape index (κ3) is 6.23. The molecule has 1 amide bonds. The van der Waals surface area contributed by atoms with Crippen LogP contribution in [0.5, 0.6) is 11.5 Å². The molecule has 1 aliphatic heterocycles. The molecule has 2 aromatic rings. The standard InChI is InChI=1S/C24H32N2O5S/c1-3-31-22-13-9-20(17-23(22)30-2)18-25-24(27)14-10-19-7-11-21(12-8-19)32(28,29)26-15-5-4-6-16-26/h7-9,11-13,17H,3-6,10,14-16,18H2,1-2H3,(H,25,27). The number of hydrogen-bond donors (Lipinski definition) is 1. The molecule has 0 spiro atoms. The summed E-state index contributed by atoms with van der Waals surface area (Å²) in [5.41, 5.74) is 1.85. The van der Waals surface area contributed by atoms with E-state index in [0.717, 1.165) is 30.4 Å². The Kier molecular flexibility index (Phi) is 8.53. The number of carbonyl (C=O) groups excluding carboxylic acids is 1. The number of aryl methyl sites for hydroxylation is 1. The van der Waals surface area contributed by atoms with E-state index in [1.165, 1.54) is 0 Å². The van der Waals surface area contributed by atoms with Crippen LogP contribution in [0.25, 0.3) is 0 Å². The lowest BCUT2D eigenvalue weighted by molar-refractivity contribution is -0.121. The van der Waals surface area contributed by atoms with E-state index < -0.39 is 10.0 Å². The molecule has 1 saturated heterocycles. The van der Waals surface area contributed by atoms with Gasteiger partial charge in [0.1, 0.15) is 0 Å². The van der Waals surface area contributed by atoms with Gasteiger partial charge in [0.05, 0.1) is 18.6 Å². The maximum absolute atomic E-state index is 12.7. The molecule has 1 aliphatic rings. The van der Waals surface area contributed by atoms with Crippen LogP contribution in [0.4, 0.5) is 0 Å². The van der Waals surface area contributed by atoms with Gasteiger partial charge in [-0.2, -0.15) is 4.31 Å². The first-order valence-electron chi connectivity index (χ1n) is 11.1. The molecule has 2 aromatic carbocycles. The SMILES string of the molecule is CCOc1ccc(CNC(=O)CCc2ccc(S(=O)(=O)N3CCCCC3)cc2)cc1OC. The van der Waals surface area contributed by atoms with Gasteiger partial charge in [0.15, 0.2) is 11.5 Å². The number of benzene rings is 2. The number of hydrogen-bond acceptors (Lipinski definition) is 5. The van der Waals surface area contributed by atoms with Crippen LogP contribution in [0.2, 0.25) is 0 Å². The molecule has 0 atom stereocenters. The zero-order valence-electron chi connectivity index (χ0n) is 18.8. The van der Waals surface area contributed by atoms with Gasteiger partial charge in [-0.05, 0) is 61.6 Å². The molecule has 7 nitrogen and oxygen atoms in total. The van der Waals surface area contributed by atoms with E-state index in [1.807, 2.05) is 25.1 Å². The Labute approximate surface area is 190 Å². The van der Waals surface area contributed by atoms with Crippen LogP contribution < -0.4 is 14.8 Å². The summed E-state index contributed by atoms with van der Waals surface area (Å²) in [6.45, 7) is 4.04. The van der Waals surface area contributed by atoms with E-state index in [9.17, 15) is 13.2 Å². The highest BCUT2D eigenvalue weighted by molar-refractivity contribution is 7.89. The lowest BCUT2D eigenvalue weighted by Gasteiger charge is -2.25. The van der Waals surface area contributed by atoms with E-state index in [2.05, 4.69) is 5.32 Å². The fourth-order valence-electron chi connectivity index (χ4n) is 3.73. The molecule has 0 saturated carbocycles. The number of methoxy groups -OCH3 is 1. The molecule has 0 aromatic heterocycles. The largest absolute Gasteiger partial charge is 0.493 e. The smallest absolute Gasteiger partial charge is 0.243 e. The molecule has 0 bridgehead atoms. The van der Waals surface area contributed by atoms with Crippen molar-refractivity contribution in [3.8, 4) is 11.5 Å². The molecule has 1 heterocycles.